The second-order valence-corrected chi connectivity index (χ2v) is 8.41. The minimum absolute atomic E-state index is 0. The lowest BCUT2D eigenvalue weighted by Gasteiger charge is -2.37. The summed E-state index contributed by atoms with van der Waals surface area (Å²) in [4.78, 5) is 9.90. The number of halogens is 1. The molecule has 2 atom stereocenters. The quantitative estimate of drug-likeness (QED) is 0.274. The van der Waals surface area contributed by atoms with Gasteiger partial charge in [-0.15, -0.1) is 24.0 Å². The molecule has 0 aromatic heterocycles. The molecule has 172 valence electrons. The van der Waals surface area contributed by atoms with Gasteiger partial charge in [0.25, 0.3) is 0 Å². The molecule has 0 aliphatic carbocycles. The van der Waals surface area contributed by atoms with Gasteiger partial charge in [-0.05, 0) is 47.5 Å². The van der Waals surface area contributed by atoms with E-state index in [1.54, 1.807) is 0 Å². The number of likely N-dealkylation sites (tertiary alicyclic amines) is 1. The van der Waals surface area contributed by atoms with Crippen molar-refractivity contribution >= 4 is 29.9 Å². The van der Waals surface area contributed by atoms with Crippen LogP contribution in [0.2, 0.25) is 0 Å². The van der Waals surface area contributed by atoms with E-state index in [0.717, 1.165) is 77.9 Å². The average molecular weight is 526 g/mol. The number of nitrogens with zero attached hydrogens (tertiary/aromatic N) is 3. The van der Waals surface area contributed by atoms with E-state index < -0.39 is 0 Å². The molecular formula is C21H44IN5O2. The predicted octanol–water partition coefficient (Wildman–Crippen LogP) is 2.16. The summed E-state index contributed by atoms with van der Waals surface area (Å²) in [5.74, 6) is 0.955. The first-order valence-electron chi connectivity index (χ1n) is 11.2. The topological polar surface area (TPSA) is 61.4 Å². The lowest BCUT2D eigenvalue weighted by molar-refractivity contribution is -0.0166. The number of piperidine rings is 1. The number of ether oxygens (including phenoxy) is 2. The Labute approximate surface area is 195 Å². The van der Waals surface area contributed by atoms with E-state index >= 15 is 0 Å². The van der Waals surface area contributed by atoms with Crippen LogP contribution >= 0.6 is 24.0 Å². The second-order valence-electron chi connectivity index (χ2n) is 8.41. The monoisotopic (exact) mass is 525 g/mol. The van der Waals surface area contributed by atoms with Crippen molar-refractivity contribution in [1.29, 1.82) is 0 Å². The van der Waals surface area contributed by atoms with Crippen LogP contribution < -0.4 is 10.6 Å². The summed E-state index contributed by atoms with van der Waals surface area (Å²) in [6, 6.07) is 1.40. The van der Waals surface area contributed by atoms with Crippen molar-refractivity contribution in [2.75, 3.05) is 59.1 Å². The van der Waals surface area contributed by atoms with Crippen molar-refractivity contribution < 1.29 is 9.47 Å². The van der Waals surface area contributed by atoms with Crippen molar-refractivity contribution in [2.45, 2.75) is 71.7 Å². The smallest absolute Gasteiger partial charge is 0.191 e. The molecule has 0 saturated carbocycles. The number of hydrogen-bond donors (Lipinski definition) is 2. The van der Waals surface area contributed by atoms with Crippen molar-refractivity contribution in [2.24, 2.45) is 4.99 Å². The Hall–Kier alpha value is -0.160. The van der Waals surface area contributed by atoms with Gasteiger partial charge in [-0.1, -0.05) is 0 Å². The normalized spacial score (nSPS) is 23.7. The van der Waals surface area contributed by atoms with Gasteiger partial charge in [0.1, 0.15) is 0 Å². The zero-order valence-electron chi connectivity index (χ0n) is 19.2. The number of morpholine rings is 1. The van der Waals surface area contributed by atoms with E-state index in [1.807, 2.05) is 0 Å². The first kappa shape index (κ1) is 26.9. The molecule has 2 aliphatic heterocycles. The summed E-state index contributed by atoms with van der Waals surface area (Å²) >= 11 is 0. The molecule has 2 heterocycles. The van der Waals surface area contributed by atoms with Gasteiger partial charge in [-0.2, -0.15) is 0 Å². The molecule has 0 spiro atoms. The molecule has 2 aliphatic rings. The van der Waals surface area contributed by atoms with E-state index in [4.69, 9.17) is 14.5 Å². The Morgan fingerprint density at radius 1 is 1.21 bits per heavy atom. The molecule has 0 aromatic carbocycles. The molecule has 2 rings (SSSR count). The molecule has 2 unspecified atom stereocenters. The molecule has 0 amide bonds. The number of rotatable bonds is 9. The van der Waals surface area contributed by atoms with Gasteiger partial charge in [0.05, 0.1) is 32.5 Å². The van der Waals surface area contributed by atoms with Crippen LogP contribution in [-0.2, 0) is 9.47 Å². The van der Waals surface area contributed by atoms with Crippen molar-refractivity contribution in [3.63, 3.8) is 0 Å². The van der Waals surface area contributed by atoms with E-state index in [2.05, 4.69) is 55.1 Å². The van der Waals surface area contributed by atoms with Gasteiger partial charge in [-0.25, -0.2) is 0 Å². The molecule has 2 N–H and O–H groups in total. The first-order chi connectivity index (χ1) is 13.5. The SMILES string of the molecule is CCNC(=NCC(C)N1CCOCC1C)NC1CCN(CCOC(C)C)CC1.I. The third-order valence-corrected chi connectivity index (χ3v) is 5.63. The van der Waals surface area contributed by atoms with Crippen LogP contribution in [0, 0.1) is 0 Å². The second kappa shape index (κ2) is 14.8. The molecule has 0 aromatic rings. The van der Waals surface area contributed by atoms with Crippen molar-refractivity contribution in [1.82, 2.24) is 20.4 Å². The largest absolute Gasteiger partial charge is 0.379 e. The fourth-order valence-electron chi connectivity index (χ4n) is 3.95. The highest BCUT2D eigenvalue weighted by molar-refractivity contribution is 14.0. The highest BCUT2D eigenvalue weighted by Crippen LogP contribution is 2.12. The van der Waals surface area contributed by atoms with Gasteiger partial charge in [-0.3, -0.25) is 9.89 Å². The third kappa shape index (κ3) is 10.1. The van der Waals surface area contributed by atoms with Crippen LogP contribution in [0.4, 0.5) is 0 Å². The van der Waals surface area contributed by atoms with Crippen LogP contribution in [0.5, 0.6) is 0 Å². The minimum Gasteiger partial charge on any atom is -0.379 e. The summed E-state index contributed by atoms with van der Waals surface area (Å²) in [7, 11) is 0. The van der Waals surface area contributed by atoms with E-state index in [0.29, 0.717) is 24.2 Å². The third-order valence-electron chi connectivity index (χ3n) is 5.63. The molecule has 2 saturated heterocycles. The van der Waals surface area contributed by atoms with Crippen LogP contribution in [-0.4, -0.2) is 99.1 Å². The fourth-order valence-corrected chi connectivity index (χ4v) is 3.95. The Kier molecular flexibility index (Phi) is 13.7. The number of aliphatic imine (C=N–C) groups is 1. The fraction of sp³-hybridized carbons (Fsp3) is 0.952. The standard InChI is InChI=1S/C21H43N5O2.HI/c1-6-22-21(23-15-18(4)26-12-13-27-16-19(26)5)24-20-7-9-25(10-8-20)11-14-28-17(2)3;/h17-20H,6-16H2,1-5H3,(H2,22,23,24);1H. The van der Waals surface area contributed by atoms with Crippen LogP contribution in [0.1, 0.15) is 47.5 Å². The Balaban J connectivity index is 0.00000420. The summed E-state index contributed by atoms with van der Waals surface area (Å²) in [6.07, 6.45) is 2.63. The van der Waals surface area contributed by atoms with E-state index in [1.165, 1.54) is 0 Å². The first-order valence-corrected chi connectivity index (χ1v) is 11.2. The highest BCUT2D eigenvalue weighted by atomic mass is 127. The summed E-state index contributed by atoms with van der Waals surface area (Å²) < 4.78 is 11.2. The molecule has 29 heavy (non-hydrogen) atoms. The maximum atomic E-state index is 5.68. The molecule has 2 fully saturated rings. The van der Waals surface area contributed by atoms with Gasteiger partial charge in [0.15, 0.2) is 5.96 Å². The summed E-state index contributed by atoms with van der Waals surface area (Å²) in [6.45, 7) is 19.3. The lowest BCUT2D eigenvalue weighted by atomic mass is 10.1. The number of hydrogen-bond acceptors (Lipinski definition) is 5. The Bertz CT molecular complexity index is 458. The minimum atomic E-state index is 0. The summed E-state index contributed by atoms with van der Waals surface area (Å²) in [5, 5.41) is 7.08. The van der Waals surface area contributed by atoms with Gasteiger partial charge >= 0.3 is 0 Å². The molecule has 8 heteroatoms. The van der Waals surface area contributed by atoms with Gasteiger partial charge in [0.2, 0.25) is 0 Å². The van der Waals surface area contributed by atoms with E-state index in [9.17, 15) is 0 Å². The number of guanidine groups is 1. The van der Waals surface area contributed by atoms with Crippen molar-refractivity contribution in [3.05, 3.63) is 0 Å². The van der Waals surface area contributed by atoms with Crippen LogP contribution in [0.3, 0.4) is 0 Å². The van der Waals surface area contributed by atoms with Crippen LogP contribution in [0.15, 0.2) is 4.99 Å². The zero-order chi connectivity index (χ0) is 20.4. The maximum absolute atomic E-state index is 5.68. The highest BCUT2D eigenvalue weighted by Gasteiger charge is 2.24. The van der Waals surface area contributed by atoms with Gasteiger partial charge < -0.3 is 25.0 Å². The molecule has 0 radical (unpaired) electrons. The molecule has 7 nitrogen and oxygen atoms in total. The summed E-state index contributed by atoms with van der Waals surface area (Å²) in [5.41, 5.74) is 0. The zero-order valence-corrected chi connectivity index (χ0v) is 21.5. The Morgan fingerprint density at radius 2 is 1.93 bits per heavy atom. The van der Waals surface area contributed by atoms with Crippen LogP contribution in [0.25, 0.3) is 0 Å². The average Bonchev–Trinajstić information content (AvgIpc) is 2.67. The Morgan fingerprint density at radius 3 is 2.55 bits per heavy atom. The van der Waals surface area contributed by atoms with Gasteiger partial charge in [0, 0.05) is 50.8 Å². The van der Waals surface area contributed by atoms with Crippen molar-refractivity contribution in [3.8, 4) is 0 Å². The number of nitrogens with one attached hydrogen (secondary N) is 2. The maximum Gasteiger partial charge on any atom is 0.191 e. The van der Waals surface area contributed by atoms with E-state index in [-0.39, 0.29) is 24.0 Å². The molecule has 0 bridgehead atoms. The predicted molar refractivity (Wildman–Crippen MR) is 132 cm³/mol. The lowest BCUT2D eigenvalue weighted by Crippen LogP contribution is -2.51. The molecular weight excluding hydrogens is 481 g/mol.